The summed E-state index contributed by atoms with van der Waals surface area (Å²) < 4.78 is 37.7. The first-order valence-electron chi connectivity index (χ1n) is 13.7. The van der Waals surface area contributed by atoms with Crippen molar-refractivity contribution in [3.05, 3.63) is 94.0 Å². The van der Waals surface area contributed by atoms with E-state index in [0.717, 1.165) is 34.6 Å². The Balaban J connectivity index is 1.41. The molecule has 0 fully saturated rings. The molecular weight excluding hydrogens is 557 g/mol. The molecule has 0 radical (unpaired) electrons. The van der Waals surface area contributed by atoms with Crippen LogP contribution in [0, 0.1) is 5.41 Å². The predicted octanol–water partition coefficient (Wildman–Crippen LogP) is 7.67. The Morgan fingerprint density at radius 2 is 1.88 bits per heavy atom. The highest BCUT2D eigenvalue weighted by Gasteiger charge is 2.28. The van der Waals surface area contributed by atoms with Gasteiger partial charge in [-0.25, -0.2) is 8.42 Å². The molecule has 3 aromatic rings. The number of thiazole rings is 1. The van der Waals surface area contributed by atoms with Gasteiger partial charge >= 0.3 is 0 Å². The number of hydrogen-bond acceptors (Lipinski definition) is 6. The van der Waals surface area contributed by atoms with Crippen molar-refractivity contribution in [3.63, 3.8) is 0 Å². The fraction of sp³-hybridized carbons (Fsp3) is 0.344. The quantitative estimate of drug-likeness (QED) is 0.198. The van der Waals surface area contributed by atoms with Crippen molar-refractivity contribution >= 4 is 55.2 Å². The Bertz CT molecular complexity index is 1640. The maximum absolute atomic E-state index is 11.5. The van der Waals surface area contributed by atoms with E-state index in [1.807, 2.05) is 30.0 Å². The van der Waals surface area contributed by atoms with Gasteiger partial charge in [0.25, 0.3) is 5.01 Å². The number of anilines is 1. The zero-order valence-corrected chi connectivity index (χ0v) is 25.9. The standard InChI is InChI=1S/C32H36N2O3S3/c1-5-33-26-12-6-8-14-28(26)39-31(33)20-25-19-24(21-32(3,4)22-25)11-10-16-30-34(18-17-23(2)40(35,36)37)27-13-7-9-15-29(27)38-30/h6-16,19-20,23H,5,17-18,21-22H2,1-4H3. The lowest BCUT2D eigenvalue weighted by Crippen LogP contribution is -2.37. The maximum Gasteiger partial charge on any atom is 0.262 e. The Morgan fingerprint density at radius 1 is 1.12 bits per heavy atom. The smallest absolute Gasteiger partial charge is 0.262 e. The maximum atomic E-state index is 11.5. The van der Waals surface area contributed by atoms with Gasteiger partial charge in [-0.1, -0.05) is 79.4 Å². The van der Waals surface area contributed by atoms with Crippen LogP contribution in [0.1, 0.15) is 52.0 Å². The third-order valence-corrected chi connectivity index (χ3v) is 10.9. The fourth-order valence-electron chi connectivity index (χ4n) is 5.47. The Hall–Kier alpha value is -2.65. The van der Waals surface area contributed by atoms with E-state index in [1.54, 1.807) is 11.3 Å². The highest BCUT2D eigenvalue weighted by atomic mass is 32.2. The molecule has 0 amide bonds. The molecule has 0 saturated heterocycles. The lowest BCUT2D eigenvalue weighted by Gasteiger charge is -2.31. The molecule has 5 nitrogen and oxygen atoms in total. The van der Waals surface area contributed by atoms with Crippen molar-refractivity contribution in [1.29, 1.82) is 0 Å². The number of hydrogen-bond donors (Lipinski definition) is 0. The number of fused-ring (bicyclic) bond motifs is 2. The highest BCUT2D eigenvalue weighted by Crippen LogP contribution is 2.47. The van der Waals surface area contributed by atoms with Crippen LogP contribution in [0.4, 0.5) is 5.69 Å². The molecule has 40 heavy (non-hydrogen) atoms. The van der Waals surface area contributed by atoms with Gasteiger partial charge in [0.1, 0.15) is 4.70 Å². The summed E-state index contributed by atoms with van der Waals surface area (Å²) >= 11 is 3.52. The Kier molecular flexibility index (Phi) is 8.43. The summed E-state index contributed by atoms with van der Waals surface area (Å²) in [7, 11) is -4.30. The number of nitrogens with zero attached hydrogens (tertiary/aromatic N) is 2. The minimum absolute atomic E-state index is 0.158. The molecule has 1 aliphatic carbocycles. The fourth-order valence-corrected chi connectivity index (χ4v) is 8.17. The van der Waals surface area contributed by atoms with Gasteiger partial charge in [0, 0.05) is 30.0 Å². The van der Waals surface area contributed by atoms with E-state index in [4.69, 9.17) is 0 Å². The number of allylic oxidation sites excluding steroid dienone is 6. The molecule has 2 aliphatic rings. The van der Waals surface area contributed by atoms with Crippen molar-refractivity contribution in [2.24, 2.45) is 5.41 Å². The van der Waals surface area contributed by atoms with Crippen LogP contribution in [-0.4, -0.2) is 24.8 Å². The van der Waals surface area contributed by atoms with Crippen molar-refractivity contribution in [2.45, 2.75) is 63.6 Å². The Morgan fingerprint density at radius 3 is 2.65 bits per heavy atom. The summed E-state index contributed by atoms with van der Waals surface area (Å²) in [6.45, 7) is 9.76. The normalized spacial score (nSPS) is 20.0. The minimum atomic E-state index is -4.30. The zero-order chi connectivity index (χ0) is 28.5. The summed E-state index contributed by atoms with van der Waals surface area (Å²) in [5, 5.41) is 1.39. The third kappa shape index (κ3) is 6.46. The number of aryl methyl sites for hydroxylation is 1. The number of rotatable bonds is 8. The molecule has 2 heterocycles. The minimum Gasteiger partial charge on any atom is -0.748 e. The summed E-state index contributed by atoms with van der Waals surface area (Å²) in [6.07, 6.45) is 13.4. The summed E-state index contributed by atoms with van der Waals surface area (Å²) in [5.41, 5.74) is 5.13. The molecule has 0 saturated carbocycles. The first kappa shape index (κ1) is 28.9. The largest absolute Gasteiger partial charge is 0.748 e. The average molecular weight is 593 g/mol. The van der Waals surface area contributed by atoms with Crippen LogP contribution in [0.5, 0.6) is 0 Å². The van der Waals surface area contributed by atoms with Gasteiger partial charge in [0.2, 0.25) is 5.52 Å². The van der Waals surface area contributed by atoms with E-state index in [0.29, 0.717) is 6.54 Å². The van der Waals surface area contributed by atoms with Crippen LogP contribution >= 0.6 is 23.1 Å². The van der Waals surface area contributed by atoms with Gasteiger partial charge in [0.05, 0.1) is 26.1 Å². The number of thioether (sulfide) groups is 1. The zero-order valence-electron chi connectivity index (χ0n) is 23.5. The molecule has 1 aromatic heterocycles. The highest BCUT2D eigenvalue weighted by molar-refractivity contribution is 8.03. The lowest BCUT2D eigenvalue weighted by atomic mass is 9.75. The second kappa shape index (κ2) is 11.7. The molecule has 1 aliphatic heterocycles. The number of para-hydroxylation sites is 2. The summed E-state index contributed by atoms with van der Waals surface area (Å²) in [4.78, 5) is 3.70. The Labute approximate surface area is 246 Å². The van der Waals surface area contributed by atoms with Gasteiger partial charge in [-0.2, -0.15) is 4.57 Å². The predicted molar refractivity (Wildman–Crippen MR) is 167 cm³/mol. The molecular formula is C32H36N2O3S3. The number of benzene rings is 2. The second-order valence-corrected chi connectivity index (χ2v) is 15.2. The first-order valence-corrected chi connectivity index (χ1v) is 16.8. The average Bonchev–Trinajstić information content (AvgIpc) is 3.42. The van der Waals surface area contributed by atoms with Crippen LogP contribution in [-0.2, 0) is 16.7 Å². The van der Waals surface area contributed by atoms with Crippen molar-refractivity contribution in [3.8, 4) is 0 Å². The van der Waals surface area contributed by atoms with E-state index in [2.05, 4.69) is 91.0 Å². The van der Waals surface area contributed by atoms with E-state index in [1.165, 1.54) is 33.7 Å². The van der Waals surface area contributed by atoms with Crippen LogP contribution in [0.25, 0.3) is 16.3 Å². The van der Waals surface area contributed by atoms with E-state index >= 15 is 0 Å². The molecule has 0 N–H and O–H groups in total. The van der Waals surface area contributed by atoms with Gasteiger partial charge in [0.15, 0.2) is 6.54 Å². The molecule has 1 atom stereocenters. The molecule has 0 spiro atoms. The number of aromatic nitrogens is 1. The van der Waals surface area contributed by atoms with Gasteiger partial charge in [-0.3, -0.25) is 0 Å². The monoisotopic (exact) mass is 592 g/mol. The van der Waals surface area contributed by atoms with Gasteiger partial charge in [-0.05, 0) is 67.5 Å². The van der Waals surface area contributed by atoms with E-state index < -0.39 is 15.4 Å². The second-order valence-electron chi connectivity index (χ2n) is 11.3. The van der Waals surface area contributed by atoms with E-state index in [9.17, 15) is 13.0 Å². The van der Waals surface area contributed by atoms with Crippen LogP contribution in [0.15, 0.2) is 93.9 Å². The van der Waals surface area contributed by atoms with Crippen molar-refractivity contribution in [2.75, 3.05) is 11.4 Å². The molecule has 8 heteroatoms. The SMILES string of the molecule is CCN1/C(=C\C2=CC(=C/C=C/c3sc4ccccc4[n+]3CCC(C)S(=O)(=O)[O-])/CC(C)(C)C2)Sc2ccccc21. The van der Waals surface area contributed by atoms with Gasteiger partial charge in [-0.15, -0.1) is 0 Å². The molecule has 1 unspecified atom stereocenters. The van der Waals surface area contributed by atoms with Gasteiger partial charge < -0.3 is 9.45 Å². The third-order valence-electron chi connectivity index (χ3n) is 7.44. The van der Waals surface area contributed by atoms with Crippen LogP contribution in [0.2, 0.25) is 0 Å². The first-order chi connectivity index (χ1) is 19.0. The molecule has 5 rings (SSSR count). The summed E-state index contributed by atoms with van der Waals surface area (Å²) in [5.74, 6) is 0. The molecule has 0 bridgehead atoms. The van der Waals surface area contributed by atoms with E-state index in [-0.39, 0.29) is 11.8 Å². The molecule has 2 aromatic carbocycles. The summed E-state index contributed by atoms with van der Waals surface area (Å²) in [6, 6.07) is 16.7. The van der Waals surface area contributed by atoms with Crippen LogP contribution < -0.4 is 9.47 Å². The molecule has 210 valence electrons. The lowest BCUT2D eigenvalue weighted by molar-refractivity contribution is -0.669. The van der Waals surface area contributed by atoms with Crippen LogP contribution in [0.3, 0.4) is 0 Å². The van der Waals surface area contributed by atoms with Crippen molar-refractivity contribution < 1.29 is 17.5 Å². The topological polar surface area (TPSA) is 64.3 Å². The van der Waals surface area contributed by atoms with Crippen molar-refractivity contribution in [1.82, 2.24) is 0 Å².